The van der Waals surface area contributed by atoms with Gasteiger partial charge in [-0.2, -0.15) is 0 Å². The van der Waals surface area contributed by atoms with Crippen molar-refractivity contribution >= 4 is 17.8 Å². The molecule has 0 saturated carbocycles. The number of amides is 4. The minimum Gasteiger partial charge on any atom is -0.275 e. The first-order valence-corrected chi connectivity index (χ1v) is 4.04. The molecular weight excluding hydrogens is 174 g/mol. The monoisotopic (exact) mass is 185 g/mol. The molecule has 0 bridgehead atoms. The summed E-state index contributed by atoms with van der Waals surface area (Å²) in [6.45, 7) is 1.75. The SMILES string of the molecule is CCCC(=O)NN1CC(=O)NC1=O. The molecule has 1 rings (SSSR count). The van der Waals surface area contributed by atoms with Gasteiger partial charge in [-0.1, -0.05) is 6.92 Å². The Morgan fingerprint density at radius 1 is 1.62 bits per heavy atom. The molecule has 0 aromatic carbocycles. The van der Waals surface area contributed by atoms with Gasteiger partial charge < -0.3 is 0 Å². The Hall–Kier alpha value is -1.59. The van der Waals surface area contributed by atoms with E-state index in [0.29, 0.717) is 12.8 Å². The van der Waals surface area contributed by atoms with Crippen LogP contribution in [0.4, 0.5) is 4.79 Å². The summed E-state index contributed by atoms with van der Waals surface area (Å²) in [5, 5.41) is 3.02. The van der Waals surface area contributed by atoms with Gasteiger partial charge in [-0.05, 0) is 6.42 Å². The highest BCUT2D eigenvalue weighted by Gasteiger charge is 2.27. The van der Waals surface area contributed by atoms with E-state index in [2.05, 4.69) is 5.43 Å². The number of nitrogens with one attached hydrogen (secondary N) is 2. The molecular formula is C7H11N3O3. The van der Waals surface area contributed by atoms with E-state index in [1.54, 1.807) is 0 Å². The van der Waals surface area contributed by atoms with Crippen LogP contribution in [0.25, 0.3) is 0 Å². The molecule has 1 aliphatic heterocycles. The Morgan fingerprint density at radius 3 is 2.77 bits per heavy atom. The van der Waals surface area contributed by atoms with Crippen molar-refractivity contribution in [2.45, 2.75) is 19.8 Å². The molecule has 0 radical (unpaired) electrons. The van der Waals surface area contributed by atoms with E-state index in [1.165, 1.54) is 0 Å². The van der Waals surface area contributed by atoms with Crippen molar-refractivity contribution in [3.8, 4) is 0 Å². The Labute approximate surface area is 75.2 Å². The number of hydrogen-bond donors (Lipinski definition) is 2. The maximum atomic E-state index is 11.0. The zero-order valence-electron chi connectivity index (χ0n) is 7.29. The van der Waals surface area contributed by atoms with Gasteiger partial charge in [-0.25, -0.2) is 9.80 Å². The molecule has 0 aromatic heterocycles. The van der Waals surface area contributed by atoms with Crippen molar-refractivity contribution in [2.24, 2.45) is 0 Å². The number of hydrazine groups is 1. The summed E-state index contributed by atoms with van der Waals surface area (Å²) in [5.74, 6) is -0.658. The van der Waals surface area contributed by atoms with E-state index in [0.717, 1.165) is 5.01 Å². The van der Waals surface area contributed by atoms with Crippen LogP contribution in [0.1, 0.15) is 19.8 Å². The lowest BCUT2D eigenvalue weighted by molar-refractivity contribution is -0.125. The molecule has 1 aliphatic rings. The first-order chi connectivity index (χ1) is 6.13. The average molecular weight is 185 g/mol. The summed E-state index contributed by atoms with van der Waals surface area (Å²) >= 11 is 0. The number of carbonyl (C=O) groups excluding carboxylic acids is 3. The Bertz CT molecular complexity index is 251. The van der Waals surface area contributed by atoms with Crippen molar-refractivity contribution < 1.29 is 14.4 Å². The van der Waals surface area contributed by atoms with Crippen LogP contribution in [0.15, 0.2) is 0 Å². The number of urea groups is 1. The topological polar surface area (TPSA) is 78.5 Å². The molecule has 1 heterocycles. The fraction of sp³-hybridized carbons (Fsp3) is 0.571. The fourth-order valence-corrected chi connectivity index (χ4v) is 0.965. The Morgan fingerprint density at radius 2 is 2.31 bits per heavy atom. The summed E-state index contributed by atoms with van der Waals surface area (Å²) in [4.78, 5) is 32.6. The number of imide groups is 1. The molecule has 0 aliphatic carbocycles. The average Bonchev–Trinajstić information content (AvgIpc) is 2.30. The highest BCUT2D eigenvalue weighted by atomic mass is 16.2. The van der Waals surface area contributed by atoms with Gasteiger partial charge in [0.25, 0.3) is 0 Å². The summed E-state index contributed by atoms with van der Waals surface area (Å²) in [6.07, 6.45) is 1.05. The number of rotatable bonds is 3. The molecule has 0 atom stereocenters. The molecule has 2 N–H and O–H groups in total. The molecule has 13 heavy (non-hydrogen) atoms. The van der Waals surface area contributed by atoms with E-state index in [-0.39, 0.29) is 12.5 Å². The van der Waals surface area contributed by atoms with Crippen molar-refractivity contribution in [2.75, 3.05) is 6.54 Å². The van der Waals surface area contributed by atoms with Gasteiger partial charge in [0.05, 0.1) is 0 Å². The van der Waals surface area contributed by atoms with Gasteiger partial charge in [0.15, 0.2) is 0 Å². The standard InChI is InChI=1S/C7H11N3O3/c1-2-3-5(11)9-10-4-6(12)8-7(10)13/h2-4H2,1H3,(H,9,11)(H,8,12,13). The van der Waals surface area contributed by atoms with Crippen molar-refractivity contribution in [3.05, 3.63) is 0 Å². The zero-order valence-corrected chi connectivity index (χ0v) is 7.29. The Kier molecular flexibility index (Phi) is 2.84. The summed E-state index contributed by atoms with van der Waals surface area (Å²) in [7, 11) is 0. The molecule has 6 heteroatoms. The first-order valence-electron chi connectivity index (χ1n) is 4.04. The predicted molar refractivity (Wildman–Crippen MR) is 43.3 cm³/mol. The first kappa shape index (κ1) is 9.50. The predicted octanol–water partition coefficient (Wildman–Crippen LogP) is -0.630. The second kappa shape index (κ2) is 3.88. The molecule has 4 amide bonds. The molecule has 0 unspecified atom stereocenters. The summed E-state index contributed by atoms with van der Waals surface area (Å²) in [5.41, 5.74) is 2.32. The van der Waals surface area contributed by atoms with Crippen LogP contribution in [0, 0.1) is 0 Å². The van der Waals surface area contributed by atoms with Gasteiger partial charge in [-0.15, -0.1) is 0 Å². The van der Waals surface area contributed by atoms with Gasteiger partial charge in [0.2, 0.25) is 11.8 Å². The van der Waals surface area contributed by atoms with Crippen LogP contribution in [-0.4, -0.2) is 29.4 Å². The number of nitrogens with zero attached hydrogens (tertiary/aromatic N) is 1. The normalized spacial score (nSPS) is 15.9. The molecule has 6 nitrogen and oxygen atoms in total. The third-order valence-electron chi connectivity index (χ3n) is 1.53. The molecule has 72 valence electrons. The van der Waals surface area contributed by atoms with E-state index in [4.69, 9.17) is 0 Å². The van der Waals surface area contributed by atoms with Crippen molar-refractivity contribution in [1.82, 2.24) is 15.8 Å². The minimum atomic E-state index is -0.575. The lowest BCUT2D eigenvalue weighted by Crippen LogP contribution is -2.43. The molecule has 0 spiro atoms. The van der Waals surface area contributed by atoms with Gasteiger partial charge in [0, 0.05) is 6.42 Å². The second-order valence-electron chi connectivity index (χ2n) is 2.72. The lowest BCUT2D eigenvalue weighted by atomic mass is 10.3. The lowest BCUT2D eigenvalue weighted by Gasteiger charge is -2.13. The van der Waals surface area contributed by atoms with Gasteiger partial charge >= 0.3 is 6.03 Å². The van der Waals surface area contributed by atoms with Crippen molar-refractivity contribution in [3.63, 3.8) is 0 Å². The van der Waals surface area contributed by atoms with Crippen LogP contribution in [-0.2, 0) is 9.59 Å². The molecule has 1 saturated heterocycles. The highest BCUT2D eigenvalue weighted by molar-refractivity contribution is 6.02. The Balaban J connectivity index is 2.41. The smallest absolute Gasteiger partial charge is 0.275 e. The zero-order chi connectivity index (χ0) is 9.84. The van der Waals surface area contributed by atoms with E-state index in [9.17, 15) is 14.4 Å². The maximum absolute atomic E-state index is 11.0. The fourth-order valence-electron chi connectivity index (χ4n) is 0.965. The third-order valence-corrected chi connectivity index (χ3v) is 1.53. The maximum Gasteiger partial charge on any atom is 0.343 e. The minimum absolute atomic E-state index is 0.103. The third kappa shape index (κ3) is 2.43. The largest absolute Gasteiger partial charge is 0.343 e. The molecule has 1 fully saturated rings. The van der Waals surface area contributed by atoms with Gasteiger partial charge in [-0.3, -0.25) is 20.3 Å². The van der Waals surface area contributed by atoms with Gasteiger partial charge in [0.1, 0.15) is 6.54 Å². The van der Waals surface area contributed by atoms with Crippen LogP contribution in [0.2, 0.25) is 0 Å². The van der Waals surface area contributed by atoms with Crippen molar-refractivity contribution in [1.29, 1.82) is 0 Å². The second-order valence-corrected chi connectivity index (χ2v) is 2.72. The van der Waals surface area contributed by atoms with Crippen LogP contribution < -0.4 is 10.7 Å². The number of hydrogen-bond acceptors (Lipinski definition) is 3. The van der Waals surface area contributed by atoms with Crippen LogP contribution >= 0.6 is 0 Å². The van der Waals surface area contributed by atoms with E-state index >= 15 is 0 Å². The quantitative estimate of drug-likeness (QED) is 0.574. The molecule has 0 aromatic rings. The van der Waals surface area contributed by atoms with Crippen LogP contribution in [0.3, 0.4) is 0 Å². The van der Waals surface area contributed by atoms with Crippen LogP contribution in [0.5, 0.6) is 0 Å². The van der Waals surface area contributed by atoms with E-state index < -0.39 is 11.9 Å². The summed E-state index contributed by atoms with van der Waals surface area (Å²) < 4.78 is 0. The van der Waals surface area contributed by atoms with E-state index in [1.807, 2.05) is 12.2 Å². The summed E-state index contributed by atoms with van der Waals surface area (Å²) in [6, 6.07) is -0.575. The number of carbonyl (C=O) groups is 3. The highest BCUT2D eigenvalue weighted by Crippen LogP contribution is 1.95.